The zero-order valence-electron chi connectivity index (χ0n) is 15.7. The number of H-pyrrole nitrogens is 1. The van der Waals surface area contributed by atoms with E-state index >= 15 is 0 Å². The largest absolute Gasteiger partial charge is 0.494 e. The number of aromatic amines is 1. The SMILES string of the molecule is Br.COc1ccc(Cc2nc3c(c4c2[nH]c2ccccc24)C(=O)CNC3)cc1F. The van der Waals surface area contributed by atoms with Gasteiger partial charge in [-0.25, -0.2) is 4.39 Å². The van der Waals surface area contributed by atoms with Crippen LogP contribution in [0.1, 0.15) is 27.3 Å². The average molecular weight is 456 g/mol. The molecule has 0 amide bonds. The number of ketones is 1. The van der Waals surface area contributed by atoms with E-state index in [2.05, 4.69) is 10.3 Å². The quantitative estimate of drug-likeness (QED) is 0.482. The van der Waals surface area contributed by atoms with E-state index in [1.165, 1.54) is 13.2 Å². The van der Waals surface area contributed by atoms with Gasteiger partial charge in [-0.15, -0.1) is 17.0 Å². The second-order valence-electron chi connectivity index (χ2n) is 6.97. The molecular formula is C22H19BrFN3O2. The summed E-state index contributed by atoms with van der Waals surface area (Å²) in [5, 5.41) is 5.03. The molecule has 5 nitrogen and oxygen atoms in total. The van der Waals surface area contributed by atoms with Crippen molar-refractivity contribution in [2.45, 2.75) is 13.0 Å². The van der Waals surface area contributed by atoms with Gasteiger partial charge in [0.25, 0.3) is 0 Å². The van der Waals surface area contributed by atoms with Crippen molar-refractivity contribution in [1.82, 2.24) is 15.3 Å². The Morgan fingerprint density at radius 3 is 2.79 bits per heavy atom. The number of ether oxygens (including phenoxy) is 1. The van der Waals surface area contributed by atoms with Crippen molar-refractivity contribution in [3.05, 3.63) is 70.8 Å². The first-order valence-electron chi connectivity index (χ1n) is 9.14. The van der Waals surface area contributed by atoms with Gasteiger partial charge in [0, 0.05) is 29.3 Å². The van der Waals surface area contributed by atoms with E-state index in [4.69, 9.17) is 9.72 Å². The third kappa shape index (κ3) is 3.20. The fraction of sp³-hybridized carbons (Fsp3) is 0.182. The van der Waals surface area contributed by atoms with Crippen molar-refractivity contribution in [3.8, 4) is 5.75 Å². The molecule has 3 heterocycles. The lowest BCUT2D eigenvalue weighted by molar-refractivity contribution is 0.0983. The minimum absolute atomic E-state index is 0. The third-order valence-electron chi connectivity index (χ3n) is 5.25. The Bertz CT molecular complexity index is 1250. The predicted octanol–water partition coefficient (Wildman–Crippen LogP) is 4.32. The van der Waals surface area contributed by atoms with E-state index in [1.54, 1.807) is 6.07 Å². The highest BCUT2D eigenvalue weighted by molar-refractivity contribution is 8.93. The van der Waals surface area contributed by atoms with E-state index in [0.29, 0.717) is 25.1 Å². The summed E-state index contributed by atoms with van der Waals surface area (Å²) < 4.78 is 19.2. The summed E-state index contributed by atoms with van der Waals surface area (Å²) in [7, 11) is 1.45. The van der Waals surface area contributed by atoms with Crippen molar-refractivity contribution in [3.63, 3.8) is 0 Å². The van der Waals surface area contributed by atoms with Gasteiger partial charge in [0.2, 0.25) is 0 Å². The number of benzene rings is 2. The molecule has 5 rings (SSSR count). The van der Waals surface area contributed by atoms with Gasteiger partial charge in [-0.1, -0.05) is 24.3 Å². The molecule has 4 aromatic rings. The van der Waals surface area contributed by atoms with Crippen molar-refractivity contribution in [1.29, 1.82) is 0 Å². The highest BCUT2D eigenvalue weighted by Crippen LogP contribution is 2.34. The maximum atomic E-state index is 14.2. The molecule has 1 aliphatic rings. The van der Waals surface area contributed by atoms with Crippen LogP contribution in [0.15, 0.2) is 42.5 Å². The normalized spacial score (nSPS) is 13.4. The van der Waals surface area contributed by atoms with Gasteiger partial charge in [-0.2, -0.15) is 0 Å². The number of hydrogen-bond donors (Lipinski definition) is 2. The van der Waals surface area contributed by atoms with Crippen LogP contribution in [0.4, 0.5) is 4.39 Å². The molecule has 0 saturated heterocycles. The molecule has 2 aromatic carbocycles. The number of pyridine rings is 1. The van der Waals surface area contributed by atoms with Crippen molar-refractivity contribution in [2.75, 3.05) is 13.7 Å². The number of nitrogens with one attached hydrogen (secondary N) is 2. The average Bonchev–Trinajstić information content (AvgIpc) is 3.08. The lowest BCUT2D eigenvalue weighted by Crippen LogP contribution is -2.31. The molecule has 148 valence electrons. The maximum Gasteiger partial charge on any atom is 0.179 e. The van der Waals surface area contributed by atoms with Crippen LogP contribution in [0, 0.1) is 5.82 Å². The van der Waals surface area contributed by atoms with Crippen LogP contribution in [0.25, 0.3) is 21.8 Å². The Labute approximate surface area is 177 Å². The molecule has 2 N–H and O–H groups in total. The number of Topliss-reactive ketones (excluding diaryl/α,β-unsaturated/α-hetero) is 1. The molecule has 0 bridgehead atoms. The number of hydrogen-bond acceptors (Lipinski definition) is 4. The molecule has 0 spiro atoms. The molecule has 0 atom stereocenters. The number of para-hydroxylation sites is 1. The van der Waals surface area contributed by atoms with Crippen LogP contribution < -0.4 is 10.1 Å². The van der Waals surface area contributed by atoms with Gasteiger partial charge in [-0.3, -0.25) is 9.78 Å². The summed E-state index contributed by atoms with van der Waals surface area (Å²) in [6.07, 6.45) is 0.450. The lowest BCUT2D eigenvalue weighted by atomic mass is 9.96. The third-order valence-corrected chi connectivity index (χ3v) is 5.25. The van der Waals surface area contributed by atoms with Crippen LogP contribution in [-0.2, 0) is 13.0 Å². The zero-order chi connectivity index (χ0) is 19.3. The maximum absolute atomic E-state index is 14.2. The lowest BCUT2D eigenvalue weighted by Gasteiger charge is -2.18. The highest BCUT2D eigenvalue weighted by Gasteiger charge is 2.25. The molecule has 29 heavy (non-hydrogen) atoms. The van der Waals surface area contributed by atoms with E-state index in [0.717, 1.165) is 38.8 Å². The molecule has 0 radical (unpaired) electrons. The Kier molecular flexibility index (Phi) is 5.10. The minimum Gasteiger partial charge on any atom is -0.494 e. The van der Waals surface area contributed by atoms with Gasteiger partial charge < -0.3 is 15.0 Å². The fourth-order valence-electron chi connectivity index (χ4n) is 3.99. The Hall–Kier alpha value is -2.77. The first kappa shape index (κ1) is 19.5. The first-order chi connectivity index (χ1) is 13.7. The Morgan fingerprint density at radius 2 is 2.00 bits per heavy atom. The summed E-state index contributed by atoms with van der Waals surface area (Å²) in [6, 6.07) is 12.9. The van der Waals surface area contributed by atoms with Crippen molar-refractivity contribution < 1.29 is 13.9 Å². The molecule has 1 aliphatic heterocycles. The highest BCUT2D eigenvalue weighted by atomic mass is 79.9. The van der Waals surface area contributed by atoms with Crippen LogP contribution in [-0.4, -0.2) is 29.4 Å². The van der Waals surface area contributed by atoms with E-state index in [1.807, 2.05) is 30.3 Å². The molecule has 0 unspecified atom stereocenters. The summed E-state index contributed by atoms with van der Waals surface area (Å²) in [6.45, 7) is 0.854. The van der Waals surface area contributed by atoms with Gasteiger partial charge in [0.15, 0.2) is 17.3 Å². The van der Waals surface area contributed by atoms with Crippen LogP contribution in [0.3, 0.4) is 0 Å². The molecule has 0 aliphatic carbocycles. The number of halogens is 2. The Morgan fingerprint density at radius 1 is 1.17 bits per heavy atom. The predicted molar refractivity (Wildman–Crippen MR) is 116 cm³/mol. The van der Waals surface area contributed by atoms with E-state index < -0.39 is 5.82 Å². The number of rotatable bonds is 3. The number of carbonyl (C=O) groups excluding carboxylic acids is 1. The molecule has 0 saturated carbocycles. The summed E-state index contributed by atoms with van der Waals surface area (Å²) in [5.74, 6) is -0.138. The summed E-state index contributed by atoms with van der Waals surface area (Å²) in [5.41, 5.74) is 4.83. The monoisotopic (exact) mass is 455 g/mol. The van der Waals surface area contributed by atoms with E-state index in [-0.39, 0.29) is 28.5 Å². The number of aromatic nitrogens is 2. The fourth-order valence-corrected chi connectivity index (χ4v) is 3.99. The molecular weight excluding hydrogens is 437 g/mol. The van der Waals surface area contributed by atoms with Crippen LogP contribution in [0.5, 0.6) is 5.75 Å². The summed E-state index contributed by atoms with van der Waals surface area (Å²) in [4.78, 5) is 20.9. The molecule has 7 heteroatoms. The van der Waals surface area contributed by atoms with Gasteiger partial charge >= 0.3 is 0 Å². The van der Waals surface area contributed by atoms with Crippen LogP contribution >= 0.6 is 17.0 Å². The Balaban J connectivity index is 0.00000205. The first-order valence-corrected chi connectivity index (χ1v) is 9.14. The summed E-state index contributed by atoms with van der Waals surface area (Å²) >= 11 is 0. The van der Waals surface area contributed by atoms with E-state index in [9.17, 15) is 9.18 Å². The van der Waals surface area contributed by atoms with Crippen molar-refractivity contribution >= 4 is 44.6 Å². The van der Waals surface area contributed by atoms with Crippen molar-refractivity contribution in [2.24, 2.45) is 0 Å². The second kappa shape index (κ2) is 7.57. The zero-order valence-corrected chi connectivity index (χ0v) is 17.4. The molecule has 0 fully saturated rings. The minimum atomic E-state index is -0.400. The smallest absolute Gasteiger partial charge is 0.179 e. The number of carbonyl (C=O) groups is 1. The number of fused-ring (bicyclic) bond motifs is 5. The second-order valence-corrected chi connectivity index (χ2v) is 6.97. The standard InChI is InChI=1S/C22H18FN3O2.BrH/c1-28-19-7-6-12(8-14(19)23)9-16-22-20(13-4-2-3-5-15(13)26-22)21-17(25-16)10-24-11-18(21)27;/h2-8,24,26H,9-11H2,1H3;1H. The van der Waals surface area contributed by atoms with Crippen LogP contribution in [0.2, 0.25) is 0 Å². The van der Waals surface area contributed by atoms with Gasteiger partial charge in [0.05, 0.1) is 36.1 Å². The van der Waals surface area contributed by atoms with Gasteiger partial charge in [-0.05, 0) is 23.8 Å². The number of methoxy groups -OCH3 is 1. The topological polar surface area (TPSA) is 67.0 Å². The molecule has 2 aromatic heterocycles. The number of nitrogens with zero attached hydrogens (tertiary/aromatic N) is 1. The van der Waals surface area contributed by atoms with Gasteiger partial charge in [0.1, 0.15) is 0 Å².